The summed E-state index contributed by atoms with van der Waals surface area (Å²) in [5.74, 6) is 0.0180. The molecule has 0 radical (unpaired) electrons. The van der Waals surface area contributed by atoms with Gasteiger partial charge in [-0.2, -0.15) is 0 Å². The van der Waals surface area contributed by atoms with Crippen molar-refractivity contribution in [3.63, 3.8) is 0 Å². The van der Waals surface area contributed by atoms with Gasteiger partial charge in [-0.25, -0.2) is 0 Å². The van der Waals surface area contributed by atoms with Crippen molar-refractivity contribution in [2.24, 2.45) is 0 Å². The molecule has 0 aliphatic rings. The third-order valence-corrected chi connectivity index (χ3v) is 1.90. The summed E-state index contributed by atoms with van der Waals surface area (Å²) in [6.07, 6.45) is 0. The third kappa shape index (κ3) is 3.17. The van der Waals surface area contributed by atoms with Crippen molar-refractivity contribution < 1.29 is 34.7 Å². The van der Waals surface area contributed by atoms with E-state index in [1.54, 1.807) is 12.1 Å². The average molecular weight is 183 g/mol. The first-order valence-corrected chi connectivity index (χ1v) is 4.03. The molecule has 48 valence electrons. The van der Waals surface area contributed by atoms with Crippen molar-refractivity contribution in [3.8, 4) is 5.75 Å². The van der Waals surface area contributed by atoms with E-state index in [1.807, 2.05) is 0 Å². The molecule has 0 heterocycles. The summed E-state index contributed by atoms with van der Waals surface area (Å²) in [4.78, 5) is 0.899. The quantitative estimate of drug-likeness (QED) is 0.521. The minimum Gasteiger partial charge on any atom is -0.872 e. The second-order valence-electron chi connectivity index (χ2n) is 1.55. The van der Waals surface area contributed by atoms with E-state index in [0.717, 1.165) is 15.9 Å². The Hall–Kier alpha value is 0.660. The Balaban J connectivity index is 0.000000810. The molecular weight excluding hydrogens is 179 g/mol. The van der Waals surface area contributed by atoms with Crippen LogP contribution in [-0.2, 0) is 0 Å². The fraction of sp³-hybridized carbons (Fsp3) is 0. The van der Waals surface area contributed by atoms with Crippen LogP contribution < -0.4 is 34.7 Å². The van der Waals surface area contributed by atoms with Crippen LogP contribution in [-0.4, -0.2) is 0 Å². The molecule has 0 atom stereocenters. The van der Waals surface area contributed by atoms with Crippen LogP contribution in [0.4, 0.5) is 0 Å². The molecule has 0 aromatic heterocycles. The summed E-state index contributed by atoms with van der Waals surface area (Å²) in [5.41, 5.74) is 0. The predicted octanol–water partition coefficient (Wildman–Crippen LogP) is -0.990. The van der Waals surface area contributed by atoms with Gasteiger partial charge in [-0.3, -0.25) is 0 Å². The van der Waals surface area contributed by atoms with Crippen LogP contribution in [0.1, 0.15) is 0 Å². The van der Waals surface area contributed by atoms with Gasteiger partial charge in [0.25, 0.3) is 0 Å². The van der Waals surface area contributed by atoms with E-state index in [4.69, 9.17) is 10.7 Å². The van der Waals surface area contributed by atoms with Crippen LogP contribution in [0, 0.1) is 0 Å². The second kappa shape index (κ2) is 5.33. The Kier molecular flexibility index (Phi) is 5.68. The molecule has 10 heavy (non-hydrogen) atoms. The largest absolute Gasteiger partial charge is 1.00 e. The fourth-order valence-electron chi connectivity index (χ4n) is 0.491. The van der Waals surface area contributed by atoms with Crippen LogP contribution in [0.3, 0.4) is 0 Å². The van der Waals surface area contributed by atoms with E-state index >= 15 is 0 Å². The average Bonchev–Trinajstić information content (AvgIpc) is 1.90. The summed E-state index contributed by atoms with van der Waals surface area (Å²) < 4.78 is 0. The van der Waals surface area contributed by atoms with Crippen LogP contribution in [0.15, 0.2) is 29.2 Å². The van der Waals surface area contributed by atoms with Crippen molar-refractivity contribution in [1.29, 1.82) is 0 Å². The normalized spacial score (nSPS) is 8.50. The molecule has 0 N–H and O–H groups in total. The van der Waals surface area contributed by atoms with E-state index in [2.05, 4.69) is 0 Å². The number of rotatable bonds is 1. The van der Waals surface area contributed by atoms with Gasteiger partial charge in [0.15, 0.2) is 0 Å². The molecule has 0 aliphatic carbocycles. The first kappa shape index (κ1) is 10.7. The molecular formula is C6H4ClNaOS. The standard InChI is InChI=1S/C6H5ClOS.Na/c7-9-6-3-1-5(8)2-4-6;/h1-4,8H;/q;+1/p-1. The first-order valence-electron chi connectivity index (χ1n) is 2.38. The molecule has 0 unspecified atom stereocenters. The zero-order valence-corrected chi connectivity index (χ0v) is 9.08. The maximum atomic E-state index is 10.5. The minimum absolute atomic E-state index is 0. The second-order valence-corrected chi connectivity index (χ2v) is 2.64. The van der Waals surface area contributed by atoms with Crippen molar-refractivity contribution in [3.05, 3.63) is 24.3 Å². The molecule has 0 spiro atoms. The van der Waals surface area contributed by atoms with Gasteiger partial charge in [0.1, 0.15) is 0 Å². The van der Waals surface area contributed by atoms with Gasteiger partial charge in [-0.05, 0) is 33.8 Å². The van der Waals surface area contributed by atoms with E-state index in [0.29, 0.717) is 0 Å². The van der Waals surface area contributed by atoms with Gasteiger partial charge >= 0.3 is 29.6 Å². The fourth-order valence-corrected chi connectivity index (χ4v) is 1.04. The Morgan fingerprint density at radius 1 is 1.20 bits per heavy atom. The molecule has 0 saturated heterocycles. The Morgan fingerprint density at radius 2 is 1.70 bits per heavy atom. The van der Waals surface area contributed by atoms with E-state index < -0.39 is 0 Å². The van der Waals surface area contributed by atoms with Gasteiger partial charge in [-0.15, -0.1) is 5.75 Å². The van der Waals surface area contributed by atoms with Crippen molar-refractivity contribution in [1.82, 2.24) is 0 Å². The molecule has 1 rings (SSSR count). The Bertz CT molecular complexity index is 189. The molecule has 0 aliphatic heterocycles. The SMILES string of the molecule is [Na+].[O-]c1ccc(SCl)cc1. The predicted molar refractivity (Wildman–Crippen MR) is 37.6 cm³/mol. The Morgan fingerprint density at radius 3 is 2.10 bits per heavy atom. The van der Waals surface area contributed by atoms with Crippen LogP contribution in [0.5, 0.6) is 5.75 Å². The molecule has 1 aromatic carbocycles. The number of benzene rings is 1. The maximum absolute atomic E-state index is 10.5. The third-order valence-electron chi connectivity index (χ3n) is 0.913. The van der Waals surface area contributed by atoms with Crippen molar-refractivity contribution in [2.75, 3.05) is 0 Å². The zero-order chi connectivity index (χ0) is 6.69. The van der Waals surface area contributed by atoms with Crippen molar-refractivity contribution >= 4 is 21.7 Å². The van der Waals surface area contributed by atoms with Crippen LogP contribution >= 0.6 is 21.7 Å². The smallest absolute Gasteiger partial charge is 0.872 e. The molecule has 0 bridgehead atoms. The number of hydrogen-bond donors (Lipinski definition) is 0. The molecule has 0 saturated carbocycles. The molecule has 4 heteroatoms. The topological polar surface area (TPSA) is 23.1 Å². The summed E-state index contributed by atoms with van der Waals surface area (Å²) in [6, 6.07) is 6.37. The number of halogens is 1. The summed E-state index contributed by atoms with van der Waals surface area (Å²) in [7, 11) is 6.50. The molecule has 0 fully saturated rings. The van der Waals surface area contributed by atoms with Gasteiger partial charge < -0.3 is 5.11 Å². The number of hydrogen-bond acceptors (Lipinski definition) is 2. The van der Waals surface area contributed by atoms with Crippen LogP contribution in [0.25, 0.3) is 0 Å². The van der Waals surface area contributed by atoms with E-state index in [9.17, 15) is 5.11 Å². The van der Waals surface area contributed by atoms with E-state index in [1.165, 1.54) is 12.1 Å². The zero-order valence-electron chi connectivity index (χ0n) is 5.50. The summed E-state index contributed by atoms with van der Waals surface area (Å²) in [5, 5.41) is 10.5. The minimum atomic E-state index is 0. The van der Waals surface area contributed by atoms with Gasteiger partial charge in [0.2, 0.25) is 0 Å². The van der Waals surface area contributed by atoms with Crippen molar-refractivity contribution in [2.45, 2.75) is 4.90 Å². The first-order chi connectivity index (χ1) is 4.33. The van der Waals surface area contributed by atoms with E-state index in [-0.39, 0.29) is 35.3 Å². The maximum Gasteiger partial charge on any atom is 1.00 e. The molecule has 0 amide bonds. The van der Waals surface area contributed by atoms with Gasteiger partial charge in [0, 0.05) is 4.90 Å². The molecule has 1 nitrogen and oxygen atoms in total. The molecule has 1 aromatic rings. The summed E-state index contributed by atoms with van der Waals surface area (Å²) >= 11 is 0. The summed E-state index contributed by atoms with van der Waals surface area (Å²) in [6.45, 7) is 0. The monoisotopic (exact) mass is 182 g/mol. The van der Waals surface area contributed by atoms with Gasteiger partial charge in [-0.1, -0.05) is 12.1 Å². The Labute approximate surface area is 90.6 Å². The van der Waals surface area contributed by atoms with Crippen LogP contribution in [0.2, 0.25) is 0 Å². The van der Waals surface area contributed by atoms with Gasteiger partial charge in [0.05, 0.1) is 0 Å².